The van der Waals surface area contributed by atoms with Gasteiger partial charge in [-0.3, -0.25) is 0 Å². The molecule has 0 amide bonds. The highest BCUT2D eigenvalue weighted by Crippen LogP contribution is 2.21. The second-order valence-corrected chi connectivity index (χ2v) is 5.03. The highest BCUT2D eigenvalue weighted by atomic mass is 16.5. The van der Waals surface area contributed by atoms with Crippen molar-refractivity contribution in [2.24, 2.45) is 0 Å². The van der Waals surface area contributed by atoms with Gasteiger partial charge in [0.05, 0.1) is 6.10 Å². The van der Waals surface area contributed by atoms with Gasteiger partial charge in [0.15, 0.2) is 0 Å². The molecule has 0 spiro atoms. The minimum absolute atomic E-state index is 0.397. The van der Waals surface area contributed by atoms with Crippen LogP contribution in [0.5, 0.6) is 0 Å². The van der Waals surface area contributed by atoms with E-state index in [0.717, 1.165) is 19.7 Å². The lowest BCUT2D eigenvalue weighted by Gasteiger charge is -2.12. The molecule has 0 aliphatic carbocycles. The molecule has 1 N–H and O–H groups in total. The van der Waals surface area contributed by atoms with Gasteiger partial charge in [-0.1, -0.05) is 12.1 Å². The van der Waals surface area contributed by atoms with Crippen LogP contribution in [0.1, 0.15) is 18.4 Å². The smallest absolute Gasteiger partial charge is 0.0754 e. The first-order valence-electron chi connectivity index (χ1n) is 6.71. The van der Waals surface area contributed by atoms with Crippen molar-refractivity contribution in [1.82, 2.24) is 9.88 Å². The summed E-state index contributed by atoms with van der Waals surface area (Å²) >= 11 is 0. The maximum atomic E-state index is 5.72. The summed E-state index contributed by atoms with van der Waals surface area (Å²) in [4.78, 5) is 0. The van der Waals surface area contributed by atoms with E-state index in [1.54, 1.807) is 0 Å². The van der Waals surface area contributed by atoms with Gasteiger partial charge in [0.25, 0.3) is 0 Å². The number of nitrogens with zero attached hydrogens (tertiary/aromatic N) is 1. The Bertz CT molecular complexity index is 526. The van der Waals surface area contributed by atoms with Crippen LogP contribution in [-0.2, 0) is 17.8 Å². The van der Waals surface area contributed by atoms with Crippen molar-refractivity contribution in [2.45, 2.75) is 32.0 Å². The Labute approximate surface area is 108 Å². The van der Waals surface area contributed by atoms with E-state index in [9.17, 15) is 0 Å². The maximum Gasteiger partial charge on any atom is 0.0754 e. The molecule has 1 aromatic carbocycles. The molecule has 1 unspecified atom stereocenters. The molecule has 0 bridgehead atoms. The van der Waals surface area contributed by atoms with Gasteiger partial charge in [0.2, 0.25) is 0 Å². The largest absolute Gasteiger partial charge is 0.376 e. The Morgan fingerprint density at radius 3 is 3.11 bits per heavy atom. The zero-order valence-electron chi connectivity index (χ0n) is 10.9. The third-order valence-corrected chi connectivity index (χ3v) is 3.64. The first-order valence-corrected chi connectivity index (χ1v) is 6.71. The van der Waals surface area contributed by atoms with Crippen molar-refractivity contribution < 1.29 is 4.74 Å². The summed E-state index contributed by atoms with van der Waals surface area (Å²) < 4.78 is 8.04. The van der Waals surface area contributed by atoms with Gasteiger partial charge in [-0.25, -0.2) is 0 Å². The quantitative estimate of drug-likeness (QED) is 0.894. The van der Waals surface area contributed by atoms with Crippen LogP contribution in [0.4, 0.5) is 0 Å². The van der Waals surface area contributed by atoms with Crippen LogP contribution in [0.25, 0.3) is 10.9 Å². The SMILES string of the molecule is CNCc1ccc2ccn(CC3CCCO3)c2c1. The summed E-state index contributed by atoms with van der Waals surface area (Å²) in [5.41, 5.74) is 2.65. The average molecular weight is 244 g/mol. The molecule has 2 aromatic rings. The molecular formula is C15H20N2O. The van der Waals surface area contributed by atoms with Gasteiger partial charge in [0, 0.05) is 31.4 Å². The van der Waals surface area contributed by atoms with E-state index in [4.69, 9.17) is 4.74 Å². The van der Waals surface area contributed by atoms with Crippen molar-refractivity contribution in [2.75, 3.05) is 13.7 Å². The fraction of sp³-hybridized carbons (Fsp3) is 0.467. The van der Waals surface area contributed by atoms with E-state index in [0.29, 0.717) is 6.10 Å². The van der Waals surface area contributed by atoms with Crippen molar-refractivity contribution in [1.29, 1.82) is 0 Å². The summed E-state index contributed by atoms with van der Waals surface area (Å²) in [6, 6.07) is 8.86. The van der Waals surface area contributed by atoms with Crippen LogP contribution in [0.2, 0.25) is 0 Å². The number of ether oxygens (including phenoxy) is 1. The van der Waals surface area contributed by atoms with Crippen molar-refractivity contribution in [3.63, 3.8) is 0 Å². The molecule has 96 valence electrons. The summed E-state index contributed by atoms with van der Waals surface area (Å²) in [6.45, 7) is 2.82. The summed E-state index contributed by atoms with van der Waals surface area (Å²) in [5.74, 6) is 0. The summed E-state index contributed by atoms with van der Waals surface area (Å²) in [5, 5.41) is 4.51. The van der Waals surface area contributed by atoms with Gasteiger partial charge < -0.3 is 14.6 Å². The van der Waals surface area contributed by atoms with Gasteiger partial charge in [-0.2, -0.15) is 0 Å². The predicted molar refractivity (Wildman–Crippen MR) is 73.7 cm³/mol. The van der Waals surface area contributed by atoms with Crippen LogP contribution < -0.4 is 5.32 Å². The van der Waals surface area contributed by atoms with Crippen LogP contribution in [-0.4, -0.2) is 24.3 Å². The van der Waals surface area contributed by atoms with Crippen LogP contribution in [0.3, 0.4) is 0 Å². The third kappa shape index (κ3) is 2.28. The fourth-order valence-electron chi connectivity index (χ4n) is 2.71. The average Bonchev–Trinajstić information content (AvgIpc) is 3.01. The highest BCUT2D eigenvalue weighted by Gasteiger charge is 2.16. The van der Waals surface area contributed by atoms with Crippen molar-refractivity contribution in [3.05, 3.63) is 36.0 Å². The van der Waals surface area contributed by atoms with Gasteiger partial charge in [0.1, 0.15) is 0 Å². The fourth-order valence-corrected chi connectivity index (χ4v) is 2.71. The van der Waals surface area contributed by atoms with E-state index >= 15 is 0 Å². The zero-order chi connectivity index (χ0) is 12.4. The number of aromatic nitrogens is 1. The monoisotopic (exact) mass is 244 g/mol. The van der Waals surface area contributed by atoms with Gasteiger partial charge in [-0.15, -0.1) is 0 Å². The molecule has 1 aliphatic heterocycles. The van der Waals surface area contributed by atoms with Crippen LogP contribution in [0.15, 0.2) is 30.5 Å². The first kappa shape index (κ1) is 11.8. The molecule has 2 heterocycles. The number of rotatable bonds is 4. The second kappa shape index (κ2) is 5.12. The Hall–Kier alpha value is -1.32. The van der Waals surface area contributed by atoms with Crippen LogP contribution >= 0.6 is 0 Å². The van der Waals surface area contributed by atoms with E-state index < -0.39 is 0 Å². The molecule has 1 aliphatic rings. The summed E-state index contributed by atoms with van der Waals surface area (Å²) in [6.07, 6.45) is 4.97. The lowest BCUT2D eigenvalue weighted by Crippen LogP contribution is -2.14. The van der Waals surface area contributed by atoms with E-state index in [2.05, 4.69) is 40.3 Å². The topological polar surface area (TPSA) is 26.2 Å². The molecule has 3 rings (SSSR count). The van der Waals surface area contributed by atoms with E-state index in [-0.39, 0.29) is 0 Å². The molecule has 18 heavy (non-hydrogen) atoms. The van der Waals surface area contributed by atoms with Gasteiger partial charge >= 0.3 is 0 Å². The molecule has 1 atom stereocenters. The number of hydrogen-bond acceptors (Lipinski definition) is 2. The lowest BCUT2D eigenvalue weighted by atomic mass is 10.1. The Kier molecular flexibility index (Phi) is 3.35. The van der Waals surface area contributed by atoms with Crippen LogP contribution in [0, 0.1) is 0 Å². The molecule has 0 radical (unpaired) electrons. The predicted octanol–water partition coefficient (Wildman–Crippen LogP) is 2.54. The molecule has 1 saturated heterocycles. The molecule has 3 heteroatoms. The van der Waals surface area contributed by atoms with Crippen molar-refractivity contribution in [3.8, 4) is 0 Å². The maximum absolute atomic E-state index is 5.72. The highest BCUT2D eigenvalue weighted by molar-refractivity contribution is 5.80. The Morgan fingerprint density at radius 2 is 2.33 bits per heavy atom. The van der Waals surface area contributed by atoms with E-state index in [1.165, 1.54) is 29.3 Å². The Morgan fingerprint density at radius 1 is 1.39 bits per heavy atom. The molecular weight excluding hydrogens is 224 g/mol. The first-order chi connectivity index (χ1) is 8.86. The Balaban J connectivity index is 1.88. The summed E-state index contributed by atoms with van der Waals surface area (Å²) in [7, 11) is 1.98. The number of fused-ring (bicyclic) bond motifs is 1. The normalized spacial score (nSPS) is 19.7. The molecule has 3 nitrogen and oxygen atoms in total. The number of hydrogen-bond donors (Lipinski definition) is 1. The number of nitrogens with one attached hydrogen (secondary N) is 1. The van der Waals surface area contributed by atoms with Crippen molar-refractivity contribution >= 4 is 10.9 Å². The van der Waals surface area contributed by atoms with Gasteiger partial charge in [-0.05, 0) is 43.0 Å². The zero-order valence-corrected chi connectivity index (χ0v) is 10.9. The third-order valence-electron chi connectivity index (χ3n) is 3.64. The molecule has 0 saturated carbocycles. The molecule has 1 aromatic heterocycles. The minimum Gasteiger partial charge on any atom is -0.376 e. The standard InChI is InChI=1S/C15H20N2O/c1-16-10-12-4-5-13-6-7-17(15(13)9-12)11-14-3-2-8-18-14/h4-7,9,14,16H,2-3,8,10-11H2,1H3. The van der Waals surface area contributed by atoms with E-state index in [1.807, 2.05) is 7.05 Å². The minimum atomic E-state index is 0.397. The second-order valence-electron chi connectivity index (χ2n) is 5.03. The number of benzene rings is 1. The lowest BCUT2D eigenvalue weighted by molar-refractivity contribution is 0.0980. The molecule has 1 fully saturated rings.